The van der Waals surface area contributed by atoms with Crippen LogP contribution in [0.2, 0.25) is 0 Å². The number of hydrogen-bond acceptors (Lipinski definition) is 4. The van der Waals surface area contributed by atoms with Gasteiger partial charge >= 0.3 is 0 Å². The van der Waals surface area contributed by atoms with Crippen molar-refractivity contribution < 1.29 is 9.53 Å². The van der Waals surface area contributed by atoms with E-state index in [1.165, 1.54) is 0 Å². The second-order valence-electron chi connectivity index (χ2n) is 4.54. The topological polar surface area (TPSA) is 62.4 Å². The lowest BCUT2D eigenvalue weighted by Gasteiger charge is -2.26. The Bertz CT molecular complexity index is 223. The third kappa shape index (κ3) is 3.43. The number of amides is 1. The van der Waals surface area contributed by atoms with Crippen LogP contribution in [0.1, 0.15) is 12.8 Å². The van der Waals surface area contributed by atoms with Crippen LogP contribution >= 0.6 is 0 Å². The van der Waals surface area contributed by atoms with Gasteiger partial charge in [0.05, 0.1) is 12.6 Å². The van der Waals surface area contributed by atoms with Crippen molar-refractivity contribution in [2.75, 3.05) is 39.4 Å². The summed E-state index contributed by atoms with van der Waals surface area (Å²) >= 11 is 0. The lowest BCUT2D eigenvalue weighted by molar-refractivity contribution is -0.123. The monoisotopic (exact) mass is 227 g/mol. The normalized spacial score (nSPS) is 31.0. The fraction of sp³-hybridized carbons (Fsp3) is 0.909. The summed E-state index contributed by atoms with van der Waals surface area (Å²) < 4.78 is 5.38. The lowest BCUT2D eigenvalue weighted by atomic mass is 10.0. The van der Waals surface area contributed by atoms with Gasteiger partial charge in [-0.2, -0.15) is 0 Å². The Morgan fingerprint density at radius 1 is 1.44 bits per heavy atom. The van der Waals surface area contributed by atoms with Crippen LogP contribution in [0.15, 0.2) is 0 Å². The molecule has 5 nitrogen and oxygen atoms in total. The molecule has 5 heteroatoms. The van der Waals surface area contributed by atoms with Gasteiger partial charge in [-0.25, -0.2) is 0 Å². The molecule has 92 valence electrons. The zero-order valence-corrected chi connectivity index (χ0v) is 9.63. The summed E-state index contributed by atoms with van der Waals surface area (Å²) in [5.74, 6) is 0.604. The van der Waals surface area contributed by atoms with E-state index in [0.29, 0.717) is 5.92 Å². The molecule has 2 fully saturated rings. The first-order chi connectivity index (χ1) is 7.86. The molecule has 2 rings (SSSR count). The van der Waals surface area contributed by atoms with E-state index in [4.69, 9.17) is 4.74 Å². The SMILES string of the molecule is O=C(NCC1CCCOC1)C1CNCCN1. The van der Waals surface area contributed by atoms with E-state index >= 15 is 0 Å². The molecular weight excluding hydrogens is 206 g/mol. The average molecular weight is 227 g/mol. The summed E-state index contributed by atoms with van der Waals surface area (Å²) in [4.78, 5) is 11.8. The molecule has 0 saturated carbocycles. The van der Waals surface area contributed by atoms with Gasteiger partial charge in [0.15, 0.2) is 0 Å². The van der Waals surface area contributed by atoms with Crippen LogP contribution in [-0.4, -0.2) is 51.3 Å². The molecule has 0 aliphatic carbocycles. The molecule has 16 heavy (non-hydrogen) atoms. The Morgan fingerprint density at radius 3 is 3.06 bits per heavy atom. The average Bonchev–Trinajstić information content (AvgIpc) is 2.38. The van der Waals surface area contributed by atoms with Gasteiger partial charge < -0.3 is 20.7 Å². The first-order valence-electron chi connectivity index (χ1n) is 6.16. The summed E-state index contributed by atoms with van der Waals surface area (Å²) in [6.07, 6.45) is 2.28. The van der Waals surface area contributed by atoms with Crippen molar-refractivity contribution in [3.63, 3.8) is 0 Å². The molecular formula is C11H21N3O2. The van der Waals surface area contributed by atoms with Crippen LogP contribution in [-0.2, 0) is 9.53 Å². The molecule has 0 spiro atoms. The summed E-state index contributed by atoms with van der Waals surface area (Å²) in [6, 6.07) is -0.0711. The molecule has 2 aliphatic rings. The Morgan fingerprint density at radius 2 is 2.38 bits per heavy atom. The molecule has 0 aromatic carbocycles. The highest BCUT2D eigenvalue weighted by Crippen LogP contribution is 2.12. The first-order valence-corrected chi connectivity index (χ1v) is 6.16. The summed E-state index contributed by atoms with van der Waals surface area (Å²) in [5.41, 5.74) is 0. The predicted molar refractivity (Wildman–Crippen MR) is 61.2 cm³/mol. The molecule has 2 saturated heterocycles. The van der Waals surface area contributed by atoms with Crippen molar-refractivity contribution >= 4 is 5.91 Å². The molecule has 1 amide bonds. The number of carbonyl (C=O) groups is 1. The van der Waals surface area contributed by atoms with Crippen molar-refractivity contribution in [2.45, 2.75) is 18.9 Å². The first kappa shape index (κ1) is 11.8. The van der Waals surface area contributed by atoms with Crippen LogP contribution in [0.3, 0.4) is 0 Å². The summed E-state index contributed by atoms with van der Waals surface area (Å²) in [7, 11) is 0. The van der Waals surface area contributed by atoms with Gasteiger partial charge in [-0.15, -0.1) is 0 Å². The number of hydrogen-bond donors (Lipinski definition) is 3. The highest BCUT2D eigenvalue weighted by Gasteiger charge is 2.21. The molecule has 2 heterocycles. The van der Waals surface area contributed by atoms with E-state index in [2.05, 4.69) is 16.0 Å². The van der Waals surface area contributed by atoms with Gasteiger partial charge in [-0.05, 0) is 18.8 Å². The Balaban J connectivity index is 1.65. The van der Waals surface area contributed by atoms with E-state index in [0.717, 1.165) is 52.2 Å². The van der Waals surface area contributed by atoms with Crippen molar-refractivity contribution in [3.8, 4) is 0 Å². The third-order valence-electron chi connectivity index (χ3n) is 3.18. The molecule has 0 radical (unpaired) electrons. The molecule has 2 atom stereocenters. The van der Waals surface area contributed by atoms with Crippen LogP contribution in [0.5, 0.6) is 0 Å². The Hall–Kier alpha value is -0.650. The molecule has 2 aliphatic heterocycles. The van der Waals surface area contributed by atoms with Gasteiger partial charge in [-0.1, -0.05) is 0 Å². The number of nitrogens with one attached hydrogen (secondary N) is 3. The zero-order chi connectivity index (χ0) is 11.2. The van der Waals surface area contributed by atoms with E-state index < -0.39 is 0 Å². The number of ether oxygens (including phenoxy) is 1. The predicted octanol–water partition coefficient (Wildman–Crippen LogP) is -0.909. The number of carbonyl (C=O) groups excluding carboxylic acids is 1. The van der Waals surface area contributed by atoms with Crippen LogP contribution in [0, 0.1) is 5.92 Å². The third-order valence-corrected chi connectivity index (χ3v) is 3.18. The van der Waals surface area contributed by atoms with Gasteiger partial charge in [0, 0.05) is 32.8 Å². The van der Waals surface area contributed by atoms with Crippen molar-refractivity contribution in [1.29, 1.82) is 0 Å². The summed E-state index contributed by atoms with van der Waals surface area (Å²) in [5, 5.41) is 9.41. The summed E-state index contributed by atoms with van der Waals surface area (Å²) in [6.45, 7) is 4.95. The van der Waals surface area contributed by atoms with E-state index in [1.54, 1.807) is 0 Å². The zero-order valence-electron chi connectivity index (χ0n) is 9.63. The smallest absolute Gasteiger partial charge is 0.238 e. The molecule has 2 unspecified atom stereocenters. The van der Waals surface area contributed by atoms with Gasteiger partial charge in [0.25, 0.3) is 0 Å². The molecule has 3 N–H and O–H groups in total. The van der Waals surface area contributed by atoms with Gasteiger partial charge in [-0.3, -0.25) is 4.79 Å². The standard InChI is InChI=1S/C11H21N3O2/c15-11(10-7-12-3-4-13-10)14-6-9-2-1-5-16-8-9/h9-10,12-13H,1-8H2,(H,14,15). The maximum Gasteiger partial charge on any atom is 0.238 e. The van der Waals surface area contributed by atoms with E-state index in [1.807, 2.05) is 0 Å². The molecule has 0 aromatic rings. The van der Waals surface area contributed by atoms with E-state index in [-0.39, 0.29) is 11.9 Å². The van der Waals surface area contributed by atoms with Crippen molar-refractivity contribution in [3.05, 3.63) is 0 Å². The maximum absolute atomic E-state index is 11.8. The van der Waals surface area contributed by atoms with Crippen LogP contribution in [0.4, 0.5) is 0 Å². The highest BCUT2D eigenvalue weighted by atomic mass is 16.5. The Kier molecular flexibility index (Phi) is 4.56. The fourth-order valence-electron chi connectivity index (χ4n) is 2.18. The quantitative estimate of drug-likeness (QED) is 0.584. The minimum absolute atomic E-state index is 0.0711. The largest absolute Gasteiger partial charge is 0.381 e. The van der Waals surface area contributed by atoms with Crippen molar-refractivity contribution in [2.24, 2.45) is 5.92 Å². The van der Waals surface area contributed by atoms with E-state index in [9.17, 15) is 4.79 Å². The lowest BCUT2D eigenvalue weighted by Crippen LogP contribution is -2.56. The van der Waals surface area contributed by atoms with Crippen LogP contribution < -0.4 is 16.0 Å². The van der Waals surface area contributed by atoms with Gasteiger partial charge in [0.1, 0.15) is 0 Å². The van der Waals surface area contributed by atoms with Gasteiger partial charge in [0.2, 0.25) is 5.91 Å². The minimum atomic E-state index is -0.0711. The maximum atomic E-state index is 11.8. The van der Waals surface area contributed by atoms with Crippen LogP contribution in [0.25, 0.3) is 0 Å². The highest BCUT2D eigenvalue weighted by molar-refractivity contribution is 5.82. The molecule has 0 bridgehead atoms. The van der Waals surface area contributed by atoms with Crippen molar-refractivity contribution in [1.82, 2.24) is 16.0 Å². The number of piperazine rings is 1. The second kappa shape index (κ2) is 6.18. The second-order valence-corrected chi connectivity index (χ2v) is 4.54. The molecule has 0 aromatic heterocycles. The Labute approximate surface area is 96.3 Å². The fourth-order valence-corrected chi connectivity index (χ4v) is 2.18. The number of rotatable bonds is 3. The minimum Gasteiger partial charge on any atom is -0.381 e.